The van der Waals surface area contributed by atoms with E-state index in [-0.39, 0.29) is 5.41 Å². The molecule has 1 aromatic heterocycles. The van der Waals surface area contributed by atoms with E-state index in [1.165, 1.54) is 0 Å². The largest absolute Gasteiger partial charge is 0.360 e. The Morgan fingerprint density at radius 3 is 2.82 bits per heavy atom. The van der Waals surface area contributed by atoms with Crippen LogP contribution in [-0.4, -0.2) is 11.7 Å². The Bertz CT molecular complexity index is 376. The Labute approximate surface area is 103 Å². The lowest BCUT2D eigenvalue weighted by atomic mass is 9.89. The van der Waals surface area contributed by atoms with Crippen LogP contribution < -0.4 is 5.32 Å². The number of aryl methyl sites for hydroxylation is 1. The highest BCUT2D eigenvalue weighted by atomic mass is 16.5. The van der Waals surface area contributed by atoms with Crippen molar-refractivity contribution in [2.45, 2.75) is 46.6 Å². The second kappa shape index (κ2) is 6.41. The topological polar surface area (TPSA) is 61.9 Å². The number of nitrogens with one attached hydrogen (secondary N) is 1. The van der Waals surface area contributed by atoms with Crippen molar-refractivity contribution in [2.75, 3.05) is 6.54 Å². The van der Waals surface area contributed by atoms with Crippen LogP contribution in [0.1, 0.15) is 44.6 Å². The monoisotopic (exact) mass is 235 g/mol. The zero-order chi connectivity index (χ0) is 12.7. The van der Waals surface area contributed by atoms with Crippen LogP contribution >= 0.6 is 0 Å². The van der Waals surface area contributed by atoms with Gasteiger partial charge in [-0.05, 0) is 40.2 Å². The van der Waals surface area contributed by atoms with Crippen molar-refractivity contribution in [3.8, 4) is 6.07 Å². The summed E-state index contributed by atoms with van der Waals surface area (Å²) in [5.41, 5.74) is 0.722. The molecule has 0 aliphatic heterocycles. The summed E-state index contributed by atoms with van der Waals surface area (Å²) in [6.07, 6.45) is 3.10. The fourth-order valence-electron chi connectivity index (χ4n) is 1.58. The maximum absolute atomic E-state index is 8.86. The summed E-state index contributed by atoms with van der Waals surface area (Å²) in [5.74, 6) is 0.875. The highest BCUT2D eigenvalue weighted by Crippen LogP contribution is 2.21. The molecule has 0 unspecified atom stereocenters. The van der Waals surface area contributed by atoms with Crippen molar-refractivity contribution in [2.24, 2.45) is 5.41 Å². The summed E-state index contributed by atoms with van der Waals surface area (Å²) in [6, 6.07) is 4.25. The Kier molecular flexibility index (Phi) is 5.17. The molecular weight excluding hydrogens is 214 g/mol. The van der Waals surface area contributed by atoms with Gasteiger partial charge in [0.15, 0.2) is 5.76 Å². The van der Waals surface area contributed by atoms with Crippen molar-refractivity contribution in [3.63, 3.8) is 0 Å². The van der Waals surface area contributed by atoms with Crippen LogP contribution in [0.3, 0.4) is 0 Å². The number of aromatic nitrogens is 1. The van der Waals surface area contributed by atoms with Crippen molar-refractivity contribution in [1.82, 2.24) is 10.5 Å². The molecule has 4 heteroatoms. The van der Waals surface area contributed by atoms with E-state index >= 15 is 0 Å². The first-order valence-corrected chi connectivity index (χ1v) is 6.08. The van der Waals surface area contributed by atoms with Crippen LogP contribution in [0.15, 0.2) is 10.6 Å². The lowest BCUT2D eigenvalue weighted by Gasteiger charge is -2.14. The van der Waals surface area contributed by atoms with E-state index in [1.807, 2.05) is 26.8 Å². The molecule has 0 bridgehead atoms. The standard InChI is InChI=1S/C13H21N3O/c1-11-8-12(17-16-11)9-15-7-5-4-6-13(2,3)10-14/h8,15H,4-7,9H2,1-3H3. The van der Waals surface area contributed by atoms with Gasteiger partial charge in [-0.2, -0.15) is 5.26 Å². The molecule has 0 spiro atoms. The van der Waals surface area contributed by atoms with Gasteiger partial charge in [-0.3, -0.25) is 0 Å². The summed E-state index contributed by atoms with van der Waals surface area (Å²) < 4.78 is 5.09. The van der Waals surface area contributed by atoms with Crippen LogP contribution in [0.5, 0.6) is 0 Å². The Balaban J connectivity index is 2.04. The van der Waals surface area contributed by atoms with Crippen LogP contribution in [0.25, 0.3) is 0 Å². The Morgan fingerprint density at radius 1 is 1.47 bits per heavy atom. The molecular formula is C13H21N3O. The normalized spacial score (nSPS) is 11.4. The molecule has 0 radical (unpaired) electrons. The minimum absolute atomic E-state index is 0.192. The van der Waals surface area contributed by atoms with Crippen molar-refractivity contribution < 1.29 is 4.52 Å². The van der Waals surface area contributed by atoms with E-state index in [0.29, 0.717) is 0 Å². The second-order valence-corrected chi connectivity index (χ2v) is 5.06. The quantitative estimate of drug-likeness (QED) is 0.738. The summed E-state index contributed by atoms with van der Waals surface area (Å²) in [7, 11) is 0. The van der Waals surface area contributed by atoms with Crippen LogP contribution in [-0.2, 0) is 6.54 Å². The lowest BCUT2D eigenvalue weighted by Crippen LogP contribution is -2.15. The first-order valence-electron chi connectivity index (χ1n) is 6.08. The van der Waals surface area contributed by atoms with Gasteiger partial charge in [0.05, 0.1) is 23.7 Å². The third-order valence-electron chi connectivity index (χ3n) is 2.68. The molecule has 4 nitrogen and oxygen atoms in total. The Hall–Kier alpha value is -1.34. The first-order chi connectivity index (χ1) is 8.03. The van der Waals surface area contributed by atoms with Crippen molar-refractivity contribution >= 4 is 0 Å². The van der Waals surface area contributed by atoms with Crippen LogP contribution in [0.2, 0.25) is 0 Å². The molecule has 1 N–H and O–H groups in total. The summed E-state index contributed by atoms with van der Waals surface area (Å²) in [6.45, 7) is 7.55. The summed E-state index contributed by atoms with van der Waals surface area (Å²) in [5, 5.41) is 16.0. The van der Waals surface area contributed by atoms with Crippen LogP contribution in [0, 0.1) is 23.7 Å². The van der Waals surface area contributed by atoms with E-state index in [2.05, 4.69) is 16.5 Å². The molecule has 17 heavy (non-hydrogen) atoms. The van der Waals surface area contributed by atoms with Gasteiger partial charge in [0.25, 0.3) is 0 Å². The molecule has 0 saturated heterocycles. The number of hydrogen-bond donors (Lipinski definition) is 1. The number of nitrogens with zero attached hydrogens (tertiary/aromatic N) is 2. The van der Waals surface area contributed by atoms with Gasteiger partial charge in [-0.15, -0.1) is 0 Å². The molecule has 1 heterocycles. The highest BCUT2D eigenvalue weighted by Gasteiger charge is 2.15. The summed E-state index contributed by atoms with van der Waals surface area (Å²) in [4.78, 5) is 0. The average molecular weight is 235 g/mol. The van der Waals surface area contributed by atoms with Gasteiger partial charge in [0.2, 0.25) is 0 Å². The fraction of sp³-hybridized carbons (Fsp3) is 0.692. The number of hydrogen-bond acceptors (Lipinski definition) is 4. The molecule has 0 aliphatic rings. The average Bonchev–Trinajstić information content (AvgIpc) is 2.69. The molecule has 1 rings (SSSR count). The predicted molar refractivity (Wildman–Crippen MR) is 66.2 cm³/mol. The summed E-state index contributed by atoms with van der Waals surface area (Å²) >= 11 is 0. The highest BCUT2D eigenvalue weighted by molar-refractivity contribution is 5.02. The van der Waals surface area contributed by atoms with Gasteiger partial charge >= 0.3 is 0 Å². The molecule has 0 fully saturated rings. The van der Waals surface area contributed by atoms with E-state index in [0.717, 1.165) is 43.8 Å². The third-order valence-corrected chi connectivity index (χ3v) is 2.68. The van der Waals surface area contributed by atoms with Gasteiger partial charge < -0.3 is 9.84 Å². The molecule has 94 valence electrons. The molecule has 0 atom stereocenters. The van der Waals surface area contributed by atoms with Gasteiger partial charge in [-0.1, -0.05) is 11.6 Å². The fourth-order valence-corrected chi connectivity index (χ4v) is 1.58. The SMILES string of the molecule is Cc1cc(CNCCCCC(C)(C)C#N)on1. The van der Waals surface area contributed by atoms with Gasteiger partial charge in [-0.25, -0.2) is 0 Å². The molecule has 0 amide bonds. The predicted octanol–water partition coefficient (Wildman–Crippen LogP) is 2.79. The van der Waals surface area contributed by atoms with Gasteiger partial charge in [0.1, 0.15) is 0 Å². The van der Waals surface area contributed by atoms with E-state index in [4.69, 9.17) is 9.78 Å². The maximum Gasteiger partial charge on any atom is 0.150 e. The number of rotatable bonds is 7. The molecule has 1 aromatic rings. The zero-order valence-corrected chi connectivity index (χ0v) is 10.9. The molecule has 0 saturated carbocycles. The van der Waals surface area contributed by atoms with E-state index in [9.17, 15) is 0 Å². The zero-order valence-electron chi connectivity index (χ0n) is 10.9. The Morgan fingerprint density at radius 2 is 2.24 bits per heavy atom. The first kappa shape index (κ1) is 13.7. The van der Waals surface area contributed by atoms with Crippen molar-refractivity contribution in [1.29, 1.82) is 5.26 Å². The van der Waals surface area contributed by atoms with E-state index in [1.54, 1.807) is 0 Å². The number of nitriles is 1. The molecule has 0 aliphatic carbocycles. The minimum Gasteiger partial charge on any atom is -0.360 e. The van der Waals surface area contributed by atoms with Crippen LogP contribution in [0.4, 0.5) is 0 Å². The smallest absolute Gasteiger partial charge is 0.150 e. The van der Waals surface area contributed by atoms with E-state index < -0.39 is 0 Å². The van der Waals surface area contributed by atoms with Crippen molar-refractivity contribution in [3.05, 3.63) is 17.5 Å². The second-order valence-electron chi connectivity index (χ2n) is 5.06. The maximum atomic E-state index is 8.86. The van der Waals surface area contributed by atoms with Gasteiger partial charge in [0, 0.05) is 6.07 Å². The lowest BCUT2D eigenvalue weighted by molar-refractivity contribution is 0.367. The molecule has 0 aromatic carbocycles. The third kappa shape index (κ3) is 5.50. The number of unbranched alkanes of at least 4 members (excludes halogenated alkanes) is 1. The minimum atomic E-state index is -0.192.